The van der Waals surface area contributed by atoms with Gasteiger partial charge < -0.3 is 10.6 Å². The van der Waals surface area contributed by atoms with Crippen molar-refractivity contribution in [1.29, 1.82) is 0 Å². The third kappa shape index (κ3) is 4.94. The van der Waals surface area contributed by atoms with E-state index in [0.717, 1.165) is 24.2 Å². The predicted molar refractivity (Wildman–Crippen MR) is 103 cm³/mol. The zero-order valence-electron chi connectivity index (χ0n) is 13.7. The summed E-state index contributed by atoms with van der Waals surface area (Å²) in [7, 11) is -3.62. The van der Waals surface area contributed by atoms with Crippen LogP contribution in [0.25, 0.3) is 0 Å². The maximum Gasteiger partial charge on any atom is 0.261 e. The molecule has 5 nitrogen and oxygen atoms in total. The minimum atomic E-state index is -3.62. The molecule has 0 heterocycles. The SMILES string of the molecule is CCCNC(=S)Nc1ccc(S(=O)(=O)Nc2ccccc2C)cc1. The van der Waals surface area contributed by atoms with E-state index in [2.05, 4.69) is 22.3 Å². The number of benzene rings is 2. The largest absolute Gasteiger partial charge is 0.362 e. The third-order valence-electron chi connectivity index (χ3n) is 3.35. The van der Waals surface area contributed by atoms with Gasteiger partial charge in [0.05, 0.1) is 10.6 Å². The van der Waals surface area contributed by atoms with E-state index in [1.165, 1.54) is 0 Å². The number of aryl methyl sites for hydroxylation is 1. The summed E-state index contributed by atoms with van der Waals surface area (Å²) in [6, 6.07) is 13.7. The minimum absolute atomic E-state index is 0.198. The number of rotatable bonds is 6. The average Bonchev–Trinajstić information content (AvgIpc) is 2.55. The molecule has 0 unspecified atom stereocenters. The Labute approximate surface area is 148 Å². The highest BCUT2D eigenvalue weighted by molar-refractivity contribution is 7.92. The van der Waals surface area contributed by atoms with Gasteiger partial charge in [-0.05, 0) is 61.5 Å². The van der Waals surface area contributed by atoms with Crippen LogP contribution in [0.2, 0.25) is 0 Å². The van der Waals surface area contributed by atoms with Crippen molar-refractivity contribution in [2.45, 2.75) is 25.2 Å². The van der Waals surface area contributed by atoms with Gasteiger partial charge >= 0.3 is 0 Å². The first kappa shape index (κ1) is 18.2. The Balaban J connectivity index is 2.09. The van der Waals surface area contributed by atoms with E-state index < -0.39 is 10.0 Å². The minimum Gasteiger partial charge on any atom is -0.362 e. The number of nitrogens with one attached hydrogen (secondary N) is 3. The van der Waals surface area contributed by atoms with Crippen LogP contribution in [0.1, 0.15) is 18.9 Å². The van der Waals surface area contributed by atoms with Crippen LogP contribution in [-0.2, 0) is 10.0 Å². The lowest BCUT2D eigenvalue weighted by atomic mass is 10.2. The maximum atomic E-state index is 12.5. The molecule has 0 aromatic heterocycles. The van der Waals surface area contributed by atoms with E-state index in [9.17, 15) is 8.42 Å². The predicted octanol–water partition coefficient (Wildman–Crippen LogP) is 3.49. The summed E-state index contributed by atoms with van der Waals surface area (Å²) in [6.45, 7) is 4.70. The van der Waals surface area contributed by atoms with Crippen molar-refractivity contribution in [3.05, 3.63) is 54.1 Å². The second-order valence-corrected chi connectivity index (χ2v) is 7.42. The van der Waals surface area contributed by atoms with Crippen molar-refractivity contribution in [1.82, 2.24) is 5.32 Å². The van der Waals surface area contributed by atoms with Gasteiger partial charge in [-0.2, -0.15) is 0 Å². The Kier molecular flexibility index (Phi) is 6.16. The van der Waals surface area contributed by atoms with Gasteiger partial charge in [-0.15, -0.1) is 0 Å². The lowest BCUT2D eigenvalue weighted by molar-refractivity contribution is 0.601. The summed E-state index contributed by atoms with van der Waals surface area (Å²) in [5.74, 6) is 0. The van der Waals surface area contributed by atoms with Gasteiger partial charge in [-0.1, -0.05) is 25.1 Å². The molecule has 0 aliphatic heterocycles. The molecule has 24 heavy (non-hydrogen) atoms. The molecule has 2 aromatic rings. The molecule has 2 rings (SSSR count). The molecule has 0 spiro atoms. The van der Waals surface area contributed by atoms with Crippen molar-refractivity contribution in [3.8, 4) is 0 Å². The molecule has 0 atom stereocenters. The lowest BCUT2D eigenvalue weighted by Crippen LogP contribution is -2.28. The number of hydrogen-bond acceptors (Lipinski definition) is 3. The van der Waals surface area contributed by atoms with E-state index in [-0.39, 0.29) is 4.90 Å². The zero-order chi connectivity index (χ0) is 17.6. The van der Waals surface area contributed by atoms with Gasteiger partial charge in [-0.3, -0.25) is 4.72 Å². The summed E-state index contributed by atoms with van der Waals surface area (Å²) in [6.07, 6.45) is 0.976. The van der Waals surface area contributed by atoms with Crippen LogP contribution in [0.15, 0.2) is 53.4 Å². The van der Waals surface area contributed by atoms with E-state index >= 15 is 0 Å². The highest BCUT2D eigenvalue weighted by atomic mass is 32.2. The Bertz CT molecular complexity index is 803. The fourth-order valence-corrected chi connectivity index (χ4v) is 3.37. The van der Waals surface area contributed by atoms with Gasteiger partial charge in [-0.25, -0.2) is 8.42 Å². The molecule has 0 fully saturated rings. The molecule has 2 aromatic carbocycles. The van der Waals surface area contributed by atoms with Crippen molar-refractivity contribution in [2.24, 2.45) is 0 Å². The van der Waals surface area contributed by atoms with Crippen molar-refractivity contribution in [2.75, 3.05) is 16.6 Å². The Hall–Kier alpha value is -2.12. The van der Waals surface area contributed by atoms with Crippen LogP contribution in [0.3, 0.4) is 0 Å². The number of thiocarbonyl (C=S) groups is 1. The summed E-state index contributed by atoms with van der Waals surface area (Å²) < 4.78 is 27.5. The molecule has 3 N–H and O–H groups in total. The molecular weight excluding hydrogens is 342 g/mol. The second kappa shape index (κ2) is 8.12. The summed E-state index contributed by atoms with van der Waals surface area (Å²) in [4.78, 5) is 0.198. The molecule has 0 radical (unpaired) electrons. The molecule has 0 saturated carbocycles. The fourth-order valence-electron chi connectivity index (χ4n) is 2.02. The van der Waals surface area contributed by atoms with Crippen molar-refractivity contribution < 1.29 is 8.42 Å². The normalized spacial score (nSPS) is 10.9. The average molecular weight is 364 g/mol. The van der Waals surface area contributed by atoms with Crippen LogP contribution in [-0.4, -0.2) is 20.1 Å². The van der Waals surface area contributed by atoms with Gasteiger partial charge in [0.25, 0.3) is 10.0 Å². The van der Waals surface area contributed by atoms with Gasteiger partial charge in [0.2, 0.25) is 0 Å². The van der Waals surface area contributed by atoms with E-state index in [4.69, 9.17) is 12.2 Å². The Morgan fingerprint density at radius 1 is 1.08 bits per heavy atom. The monoisotopic (exact) mass is 363 g/mol. The van der Waals surface area contributed by atoms with Crippen LogP contribution in [0.5, 0.6) is 0 Å². The fraction of sp³-hybridized carbons (Fsp3) is 0.235. The zero-order valence-corrected chi connectivity index (χ0v) is 15.3. The number of para-hydroxylation sites is 1. The Morgan fingerprint density at radius 3 is 2.38 bits per heavy atom. The number of anilines is 2. The molecule has 0 aliphatic carbocycles. The highest BCUT2D eigenvalue weighted by Gasteiger charge is 2.15. The number of hydrogen-bond donors (Lipinski definition) is 3. The summed E-state index contributed by atoms with van der Waals surface area (Å²) in [5, 5.41) is 6.59. The quantitative estimate of drug-likeness (QED) is 0.686. The maximum absolute atomic E-state index is 12.5. The number of sulfonamides is 1. The van der Waals surface area contributed by atoms with Gasteiger partial charge in [0, 0.05) is 12.2 Å². The van der Waals surface area contributed by atoms with Crippen molar-refractivity contribution >= 4 is 38.7 Å². The molecule has 0 saturated heterocycles. The van der Waals surface area contributed by atoms with Crippen LogP contribution in [0, 0.1) is 6.92 Å². The lowest BCUT2D eigenvalue weighted by Gasteiger charge is -2.12. The van der Waals surface area contributed by atoms with E-state index in [1.807, 2.05) is 19.1 Å². The first-order valence-corrected chi connectivity index (χ1v) is 9.55. The molecule has 128 valence electrons. The highest BCUT2D eigenvalue weighted by Crippen LogP contribution is 2.20. The van der Waals surface area contributed by atoms with Crippen molar-refractivity contribution in [3.63, 3.8) is 0 Å². The van der Waals surface area contributed by atoms with Gasteiger partial charge in [0.15, 0.2) is 5.11 Å². The first-order valence-electron chi connectivity index (χ1n) is 7.66. The third-order valence-corrected chi connectivity index (χ3v) is 4.98. The molecule has 0 bridgehead atoms. The summed E-state index contributed by atoms with van der Waals surface area (Å²) in [5.41, 5.74) is 2.18. The molecule has 7 heteroatoms. The van der Waals surface area contributed by atoms with Crippen LogP contribution < -0.4 is 15.4 Å². The second-order valence-electron chi connectivity index (χ2n) is 5.33. The molecule has 0 amide bonds. The first-order chi connectivity index (χ1) is 11.4. The van der Waals surface area contributed by atoms with Crippen LogP contribution >= 0.6 is 12.2 Å². The standard InChI is InChI=1S/C17H21N3O2S2/c1-3-12-18-17(23)19-14-8-10-15(11-9-14)24(21,22)20-16-7-5-4-6-13(16)2/h4-11,20H,3,12H2,1-2H3,(H2,18,19,23). The smallest absolute Gasteiger partial charge is 0.261 e. The van der Waals surface area contributed by atoms with E-state index in [0.29, 0.717) is 10.8 Å². The van der Waals surface area contributed by atoms with E-state index in [1.54, 1.807) is 36.4 Å². The Morgan fingerprint density at radius 2 is 1.75 bits per heavy atom. The van der Waals surface area contributed by atoms with Crippen LogP contribution in [0.4, 0.5) is 11.4 Å². The molecule has 0 aliphatic rings. The topological polar surface area (TPSA) is 70.2 Å². The van der Waals surface area contributed by atoms with Gasteiger partial charge in [0.1, 0.15) is 0 Å². The molecular formula is C17H21N3O2S2. The summed E-state index contributed by atoms with van der Waals surface area (Å²) >= 11 is 5.16.